The highest BCUT2D eigenvalue weighted by atomic mass is 16.4. The van der Waals surface area contributed by atoms with Crippen molar-refractivity contribution in [2.75, 3.05) is 0 Å². The van der Waals surface area contributed by atoms with Crippen molar-refractivity contribution in [1.82, 2.24) is 0 Å². The molecule has 0 radical (unpaired) electrons. The molecule has 0 aromatic carbocycles. The first-order valence-electron chi connectivity index (χ1n) is 3.87. The van der Waals surface area contributed by atoms with Crippen molar-refractivity contribution in [3.05, 3.63) is 17.9 Å². The van der Waals surface area contributed by atoms with Gasteiger partial charge in [-0.05, 0) is 12.1 Å². The number of furan rings is 1. The minimum absolute atomic E-state index is 0.0901. The van der Waals surface area contributed by atoms with Crippen molar-refractivity contribution in [1.29, 1.82) is 0 Å². The molecular weight excluding hydrogens is 155 g/mol. The van der Waals surface area contributed by atoms with Gasteiger partial charge in [-0.15, -0.1) is 0 Å². The molecule has 4 heteroatoms. The van der Waals surface area contributed by atoms with Crippen LogP contribution in [0, 0.1) is 0 Å². The van der Waals surface area contributed by atoms with Gasteiger partial charge in [0.05, 0.1) is 0 Å². The largest absolute Gasteiger partial charge is 0.526 e. The van der Waals surface area contributed by atoms with Gasteiger partial charge in [-0.3, -0.25) is 0 Å². The normalized spacial score (nSPS) is 11.8. The molecule has 2 N–H and O–H groups in total. The summed E-state index contributed by atoms with van der Waals surface area (Å²) < 4.78 is 5.21. The van der Waals surface area contributed by atoms with Crippen LogP contribution in [0.15, 0.2) is 16.5 Å². The minimum Gasteiger partial charge on any atom is -0.469 e. The standard InChI is InChI=1S/C8H13BO3/c1-8(2,3)6-4-5-7(12-6)9(10)11/h4-5,10-11H,1-3H3. The fourth-order valence-electron chi connectivity index (χ4n) is 0.895. The zero-order valence-corrected chi connectivity index (χ0v) is 7.53. The van der Waals surface area contributed by atoms with E-state index >= 15 is 0 Å². The summed E-state index contributed by atoms with van der Waals surface area (Å²) in [7, 11) is -1.51. The Morgan fingerprint density at radius 1 is 1.25 bits per heavy atom. The van der Waals surface area contributed by atoms with E-state index in [2.05, 4.69) is 0 Å². The van der Waals surface area contributed by atoms with E-state index in [1.54, 1.807) is 12.1 Å². The SMILES string of the molecule is CC(C)(C)c1ccc(B(O)O)o1. The van der Waals surface area contributed by atoms with Crippen molar-refractivity contribution in [3.8, 4) is 0 Å². The molecular formula is C8H13BO3. The smallest absolute Gasteiger partial charge is 0.469 e. The number of hydrogen-bond donors (Lipinski definition) is 2. The Morgan fingerprint density at radius 2 is 1.83 bits per heavy atom. The molecule has 1 rings (SSSR count). The third-order valence-electron chi connectivity index (χ3n) is 1.62. The molecule has 0 atom stereocenters. The molecule has 0 aliphatic heterocycles. The Kier molecular flexibility index (Phi) is 2.30. The van der Waals surface area contributed by atoms with E-state index in [9.17, 15) is 0 Å². The molecule has 0 spiro atoms. The molecule has 0 amide bonds. The molecule has 0 saturated carbocycles. The molecule has 0 aliphatic rings. The Hall–Kier alpha value is -0.735. The fraction of sp³-hybridized carbons (Fsp3) is 0.500. The van der Waals surface area contributed by atoms with Crippen LogP contribution >= 0.6 is 0 Å². The van der Waals surface area contributed by atoms with Crippen LogP contribution in [-0.2, 0) is 5.41 Å². The van der Waals surface area contributed by atoms with Gasteiger partial charge in [0.1, 0.15) is 11.4 Å². The summed E-state index contributed by atoms with van der Waals surface area (Å²) >= 11 is 0. The van der Waals surface area contributed by atoms with Crippen LogP contribution in [0.3, 0.4) is 0 Å². The van der Waals surface area contributed by atoms with Gasteiger partial charge in [-0.25, -0.2) is 0 Å². The quantitative estimate of drug-likeness (QED) is 0.591. The lowest BCUT2D eigenvalue weighted by Gasteiger charge is -2.14. The van der Waals surface area contributed by atoms with Crippen LogP contribution in [0.25, 0.3) is 0 Å². The lowest BCUT2D eigenvalue weighted by molar-refractivity contribution is 0.385. The molecule has 12 heavy (non-hydrogen) atoms. The molecule has 0 aliphatic carbocycles. The van der Waals surface area contributed by atoms with E-state index in [1.807, 2.05) is 20.8 Å². The third-order valence-corrected chi connectivity index (χ3v) is 1.62. The molecule has 0 saturated heterocycles. The van der Waals surface area contributed by atoms with Gasteiger partial charge in [-0.2, -0.15) is 0 Å². The fourth-order valence-corrected chi connectivity index (χ4v) is 0.895. The number of rotatable bonds is 1. The minimum atomic E-state index is -1.51. The maximum Gasteiger partial charge on any atom is 0.526 e. The molecule has 1 heterocycles. The summed E-state index contributed by atoms with van der Waals surface area (Å²) in [6, 6.07) is 3.33. The average molecular weight is 168 g/mol. The number of hydrogen-bond acceptors (Lipinski definition) is 3. The second-order valence-corrected chi connectivity index (χ2v) is 3.83. The van der Waals surface area contributed by atoms with Gasteiger partial charge in [0.2, 0.25) is 0 Å². The Bertz CT molecular complexity index is 260. The summed E-state index contributed by atoms with van der Waals surface area (Å²) in [5.41, 5.74) is 0.104. The van der Waals surface area contributed by atoms with Gasteiger partial charge < -0.3 is 14.5 Å². The first kappa shape index (κ1) is 9.35. The van der Waals surface area contributed by atoms with Crippen LogP contribution < -0.4 is 5.66 Å². The monoisotopic (exact) mass is 168 g/mol. The molecule has 3 nitrogen and oxygen atoms in total. The van der Waals surface area contributed by atoms with Crippen LogP contribution in [-0.4, -0.2) is 17.2 Å². The summed E-state index contributed by atoms with van der Waals surface area (Å²) in [6.45, 7) is 6.00. The van der Waals surface area contributed by atoms with Crippen molar-refractivity contribution in [2.24, 2.45) is 0 Å². The van der Waals surface area contributed by atoms with Crippen molar-refractivity contribution < 1.29 is 14.5 Å². The highest BCUT2D eigenvalue weighted by molar-refractivity contribution is 6.57. The van der Waals surface area contributed by atoms with Gasteiger partial charge in [-0.1, -0.05) is 20.8 Å². The third kappa shape index (κ3) is 1.90. The lowest BCUT2D eigenvalue weighted by Crippen LogP contribution is -2.28. The highest BCUT2D eigenvalue weighted by Crippen LogP contribution is 2.21. The molecule has 1 aromatic heterocycles. The lowest BCUT2D eigenvalue weighted by atomic mass is 9.88. The second kappa shape index (κ2) is 2.96. The van der Waals surface area contributed by atoms with Crippen molar-refractivity contribution in [2.45, 2.75) is 26.2 Å². The summed E-state index contributed by atoms with van der Waals surface area (Å²) in [5, 5.41) is 17.5. The van der Waals surface area contributed by atoms with E-state index in [0.29, 0.717) is 0 Å². The Morgan fingerprint density at radius 3 is 2.08 bits per heavy atom. The summed E-state index contributed by atoms with van der Waals surface area (Å²) in [4.78, 5) is 0. The van der Waals surface area contributed by atoms with Crippen molar-refractivity contribution >= 4 is 12.8 Å². The Balaban J connectivity index is 2.92. The summed E-state index contributed by atoms with van der Waals surface area (Å²) in [6.07, 6.45) is 0. The van der Waals surface area contributed by atoms with E-state index in [1.165, 1.54) is 0 Å². The van der Waals surface area contributed by atoms with Gasteiger partial charge in [0.15, 0.2) is 0 Å². The maximum absolute atomic E-state index is 8.76. The maximum atomic E-state index is 8.76. The zero-order valence-electron chi connectivity index (χ0n) is 7.53. The van der Waals surface area contributed by atoms with E-state index < -0.39 is 7.12 Å². The van der Waals surface area contributed by atoms with Crippen LogP contribution in [0.5, 0.6) is 0 Å². The van der Waals surface area contributed by atoms with E-state index in [4.69, 9.17) is 14.5 Å². The molecule has 0 fully saturated rings. The highest BCUT2D eigenvalue weighted by Gasteiger charge is 2.22. The van der Waals surface area contributed by atoms with Gasteiger partial charge in [0.25, 0.3) is 0 Å². The van der Waals surface area contributed by atoms with Gasteiger partial charge in [0, 0.05) is 5.41 Å². The first-order chi connectivity index (χ1) is 5.41. The topological polar surface area (TPSA) is 53.6 Å². The molecule has 0 bridgehead atoms. The van der Waals surface area contributed by atoms with E-state index in [-0.39, 0.29) is 11.1 Å². The van der Waals surface area contributed by atoms with Crippen molar-refractivity contribution in [3.63, 3.8) is 0 Å². The zero-order chi connectivity index (χ0) is 9.35. The molecule has 66 valence electrons. The first-order valence-corrected chi connectivity index (χ1v) is 3.87. The predicted molar refractivity (Wildman–Crippen MR) is 47.2 cm³/mol. The van der Waals surface area contributed by atoms with Gasteiger partial charge >= 0.3 is 7.12 Å². The predicted octanol–water partition coefficient (Wildman–Crippen LogP) is 0.257. The van der Waals surface area contributed by atoms with Crippen LogP contribution in [0.4, 0.5) is 0 Å². The molecule has 0 unspecified atom stereocenters. The second-order valence-electron chi connectivity index (χ2n) is 3.83. The summed E-state index contributed by atoms with van der Waals surface area (Å²) in [5.74, 6) is 0.755. The van der Waals surface area contributed by atoms with E-state index in [0.717, 1.165) is 5.76 Å². The van der Waals surface area contributed by atoms with Crippen LogP contribution in [0.2, 0.25) is 0 Å². The van der Waals surface area contributed by atoms with Crippen LogP contribution in [0.1, 0.15) is 26.5 Å². The average Bonchev–Trinajstić information content (AvgIpc) is 2.30. The molecule has 1 aromatic rings. The Labute approximate surface area is 72.2 Å².